The zero-order valence-electron chi connectivity index (χ0n) is 18.2. The van der Waals surface area contributed by atoms with E-state index in [4.69, 9.17) is 0 Å². The summed E-state index contributed by atoms with van der Waals surface area (Å²) in [6.45, 7) is 7.54. The van der Waals surface area contributed by atoms with E-state index in [0.717, 1.165) is 27.4 Å². The molecule has 0 fully saturated rings. The third-order valence-electron chi connectivity index (χ3n) is 6.06. The molecule has 162 valence electrons. The third kappa shape index (κ3) is 4.13. The van der Waals surface area contributed by atoms with E-state index in [1.54, 1.807) is 4.90 Å². The summed E-state index contributed by atoms with van der Waals surface area (Å²) in [5.74, 6) is 0.266. The topological polar surface area (TPSA) is 54.3 Å². The van der Waals surface area contributed by atoms with Crippen molar-refractivity contribution in [3.63, 3.8) is 0 Å². The highest BCUT2D eigenvalue weighted by molar-refractivity contribution is 9.10. The predicted octanol–water partition coefficient (Wildman–Crippen LogP) is 4.98. The van der Waals surface area contributed by atoms with Gasteiger partial charge in [-0.3, -0.25) is 9.59 Å². The molecule has 2 heterocycles. The van der Waals surface area contributed by atoms with Gasteiger partial charge < -0.3 is 14.8 Å². The van der Waals surface area contributed by atoms with Crippen molar-refractivity contribution >= 4 is 38.6 Å². The van der Waals surface area contributed by atoms with Crippen LogP contribution in [0.25, 0.3) is 10.9 Å². The van der Waals surface area contributed by atoms with E-state index in [1.807, 2.05) is 66.1 Å². The zero-order valence-corrected chi connectivity index (χ0v) is 19.8. The lowest BCUT2D eigenvalue weighted by molar-refractivity contribution is -0.133. The predicted molar refractivity (Wildman–Crippen MR) is 127 cm³/mol. The number of para-hydroxylation sites is 1. The summed E-state index contributed by atoms with van der Waals surface area (Å²) >= 11 is 3.51. The molecule has 2 amide bonds. The molecular formula is C25H28BrN3O2. The summed E-state index contributed by atoms with van der Waals surface area (Å²) in [4.78, 5) is 28.9. The number of nitrogens with zero attached hydrogens (tertiary/aromatic N) is 2. The second-order valence-electron chi connectivity index (χ2n) is 8.91. The van der Waals surface area contributed by atoms with Gasteiger partial charge in [0.05, 0.1) is 6.54 Å². The van der Waals surface area contributed by atoms with Crippen LogP contribution >= 0.6 is 15.9 Å². The minimum atomic E-state index is -0.995. The molecule has 1 N–H and O–H groups in total. The summed E-state index contributed by atoms with van der Waals surface area (Å²) < 4.78 is 2.95. The van der Waals surface area contributed by atoms with Crippen molar-refractivity contribution in [2.24, 2.45) is 5.92 Å². The van der Waals surface area contributed by atoms with Crippen LogP contribution in [0, 0.1) is 5.92 Å². The van der Waals surface area contributed by atoms with Gasteiger partial charge in [0.2, 0.25) is 5.91 Å². The van der Waals surface area contributed by atoms with E-state index >= 15 is 0 Å². The number of fused-ring (bicyclic) bond motifs is 3. The van der Waals surface area contributed by atoms with Gasteiger partial charge in [-0.05, 0) is 49.1 Å². The van der Waals surface area contributed by atoms with Gasteiger partial charge in [-0.1, -0.05) is 60.1 Å². The number of halogens is 1. The number of aromatic nitrogens is 1. The first-order valence-corrected chi connectivity index (χ1v) is 11.5. The molecule has 0 aliphatic carbocycles. The lowest BCUT2D eigenvalue weighted by Gasteiger charge is -2.44. The molecule has 2 aromatic carbocycles. The molecule has 0 saturated heterocycles. The summed E-state index contributed by atoms with van der Waals surface area (Å²) in [5, 5.41) is 4.10. The Labute approximate surface area is 191 Å². The van der Waals surface area contributed by atoms with E-state index in [1.165, 1.54) is 0 Å². The van der Waals surface area contributed by atoms with Crippen molar-refractivity contribution in [3.05, 3.63) is 70.3 Å². The van der Waals surface area contributed by atoms with Crippen molar-refractivity contribution in [1.29, 1.82) is 0 Å². The summed E-state index contributed by atoms with van der Waals surface area (Å²) in [6, 6.07) is 17.8. The Kier molecular flexibility index (Phi) is 5.93. The fourth-order valence-corrected chi connectivity index (χ4v) is 4.68. The fourth-order valence-electron chi connectivity index (χ4n) is 4.24. The summed E-state index contributed by atoms with van der Waals surface area (Å²) in [7, 11) is 0. The molecule has 4 rings (SSSR count). The fraction of sp³-hybridized carbons (Fsp3) is 0.360. The maximum atomic E-state index is 13.7. The molecule has 0 radical (unpaired) electrons. The van der Waals surface area contributed by atoms with Crippen LogP contribution < -0.4 is 5.32 Å². The van der Waals surface area contributed by atoms with E-state index in [9.17, 15) is 9.59 Å². The monoisotopic (exact) mass is 481 g/mol. The van der Waals surface area contributed by atoms with Gasteiger partial charge in [-0.15, -0.1) is 0 Å². The Morgan fingerprint density at radius 1 is 1.16 bits per heavy atom. The molecule has 31 heavy (non-hydrogen) atoms. The van der Waals surface area contributed by atoms with Gasteiger partial charge in [0, 0.05) is 28.5 Å². The maximum Gasteiger partial charge on any atom is 0.271 e. The number of nitrogens with one attached hydrogen (secondary N) is 1. The van der Waals surface area contributed by atoms with Crippen molar-refractivity contribution in [1.82, 2.24) is 14.8 Å². The highest BCUT2D eigenvalue weighted by Crippen LogP contribution is 2.33. The molecule has 0 spiro atoms. The minimum Gasteiger partial charge on any atom is -0.354 e. The van der Waals surface area contributed by atoms with Gasteiger partial charge in [-0.2, -0.15) is 0 Å². The van der Waals surface area contributed by atoms with Crippen LogP contribution in [0.4, 0.5) is 0 Å². The van der Waals surface area contributed by atoms with Crippen LogP contribution in [0.15, 0.2) is 59.1 Å². The van der Waals surface area contributed by atoms with Crippen LogP contribution in [-0.4, -0.2) is 33.4 Å². The Balaban J connectivity index is 1.74. The molecule has 1 aliphatic rings. The Morgan fingerprint density at radius 3 is 2.68 bits per heavy atom. The van der Waals surface area contributed by atoms with Crippen molar-refractivity contribution in [2.75, 3.05) is 6.54 Å². The largest absolute Gasteiger partial charge is 0.354 e. The number of rotatable bonds is 6. The minimum absolute atomic E-state index is 0.111. The second-order valence-corrected chi connectivity index (χ2v) is 9.82. The Morgan fingerprint density at radius 2 is 1.94 bits per heavy atom. The molecule has 5 nitrogen and oxygen atoms in total. The highest BCUT2D eigenvalue weighted by Gasteiger charge is 2.47. The lowest BCUT2D eigenvalue weighted by Crippen LogP contribution is -2.63. The molecule has 6 heteroatoms. The first-order valence-electron chi connectivity index (χ1n) is 10.7. The van der Waals surface area contributed by atoms with E-state index in [-0.39, 0.29) is 11.8 Å². The Bertz CT molecular complexity index is 1140. The van der Waals surface area contributed by atoms with Gasteiger partial charge >= 0.3 is 0 Å². The van der Waals surface area contributed by atoms with Crippen molar-refractivity contribution in [3.8, 4) is 0 Å². The quantitative estimate of drug-likeness (QED) is 0.539. The molecular weight excluding hydrogens is 454 g/mol. The zero-order chi connectivity index (χ0) is 22.2. The van der Waals surface area contributed by atoms with Crippen molar-refractivity contribution in [2.45, 2.75) is 45.8 Å². The van der Waals surface area contributed by atoms with Crippen molar-refractivity contribution < 1.29 is 9.59 Å². The molecule has 1 aromatic heterocycles. The molecule has 0 unspecified atom stereocenters. The van der Waals surface area contributed by atoms with E-state index < -0.39 is 5.54 Å². The van der Waals surface area contributed by atoms with Crippen LogP contribution in [0.1, 0.15) is 43.2 Å². The van der Waals surface area contributed by atoms with Gasteiger partial charge in [0.15, 0.2) is 0 Å². The van der Waals surface area contributed by atoms with Crippen LogP contribution in [0.5, 0.6) is 0 Å². The normalized spacial score (nSPS) is 18.5. The van der Waals surface area contributed by atoms with Gasteiger partial charge in [0.1, 0.15) is 11.2 Å². The SMILES string of the molecule is CC(C)CCNC(=O)[C@]1(C)Cn2c(cc3ccccc32)C(=O)N1Cc1cccc(Br)c1. The third-order valence-corrected chi connectivity index (χ3v) is 6.56. The standard InChI is InChI=1S/C25H28BrN3O2/c1-17(2)11-12-27-24(31)25(3)16-28-21-10-5-4-8-19(21)14-22(28)23(30)29(25)15-18-7-6-9-20(26)13-18/h4-10,13-14,17H,11-12,15-16H2,1-3H3,(H,27,31)/t25-/m0/s1. The first kappa shape index (κ1) is 21.6. The lowest BCUT2D eigenvalue weighted by atomic mass is 9.93. The molecule has 1 aliphatic heterocycles. The molecule has 0 saturated carbocycles. The average molecular weight is 482 g/mol. The van der Waals surface area contributed by atoms with E-state index in [2.05, 4.69) is 35.1 Å². The molecule has 1 atom stereocenters. The number of benzene rings is 2. The van der Waals surface area contributed by atoms with Gasteiger partial charge in [-0.25, -0.2) is 0 Å². The molecule has 0 bridgehead atoms. The first-order chi connectivity index (χ1) is 14.8. The van der Waals surface area contributed by atoms with Gasteiger partial charge in [0.25, 0.3) is 5.91 Å². The van der Waals surface area contributed by atoms with Crippen LogP contribution in [0.3, 0.4) is 0 Å². The number of hydrogen-bond donors (Lipinski definition) is 1. The summed E-state index contributed by atoms with van der Waals surface area (Å²) in [6.07, 6.45) is 0.902. The molecule has 3 aromatic rings. The second kappa shape index (κ2) is 8.50. The van der Waals surface area contributed by atoms with E-state index in [0.29, 0.717) is 31.2 Å². The maximum absolute atomic E-state index is 13.7. The average Bonchev–Trinajstić information content (AvgIpc) is 3.09. The smallest absolute Gasteiger partial charge is 0.271 e. The van der Waals surface area contributed by atoms with Crippen LogP contribution in [-0.2, 0) is 17.9 Å². The summed E-state index contributed by atoms with van der Waals surface area (Å²) in [5.41, 5.74) is 1.59. The number of amides is 2. The Hall–Kier alpha value is -2.60. The number of carbonyl (C=O) groups is 2. The van der Waals surface area contributed by atoms with Crippen LogP contribution in [0.2, 0.25) is 0 Å². The number of carbonyl (C=O) groups excluding carboxylic acids is 2. The number of hydrogen-bond acceptors (Lipinski definition) is 2. The highest BCUT2D eigenvalue weighted by atomic mass is 79.9.